The van der Waals surface area contributed by atoms with Crippen LogP contribution in [0.5, 0.6) is 0 Å². The van der Waals surface area contributed by atoms with Crippen LogP contribution in [0.1, 0.15) is 181 Å². The second-order valence-corrected chi connectivity index (χ2v) is 15.9. The first-order chi connectivity index (χ1) is 26.6. The fourth-order valence-electron chi connectivity index (χ4n) is 6.30. The maximum Gasteiger partial charge on any atom is 0.306 e. The molecule has 0 N–H and O–H groups in total. The molecule has 318 valence electrons. The van der Waals surface area contributed by atoms with E-state index >= 15 is 0 Å². The quantitative estimate of drug-likeness (QED) is 0.0265. The number of nitrogens with zero attached hydrogens (tertiary/aromatic N) is 1. The number of unbranched alkanes of at least 4 members (excludes halogenated alkanes) is 17. The number of ether oxygens (including phenoxy) is 3. The van der Waals surface area contributed by atoms with E-state index in [1.807, 2.05) is 0 Å². The summed E-state index contributed by atoms with van der Waals surface area (Å²) in [5, 5.41) is 11.6. The van der Waals surface area contributed by atoms with E-state index in [0.717, 1.165) is 77.0 Å². The molecule has 0 heterocycles. The Balaban J connectivity index is 4.39. The fraction of sp³-hybridized carbons (Fsp3) is 0.766. The summed E-state index contributed by atoms with van der Waals surface area (Å²) >= 11 is 0. The Bertz CT molecular complexity index is 1040. The molecule has 0 aromatic carbocycles. The molecule has 0 saturated heterocycles. The number of carboxylic acid groups (broad SMARTS) is 1. The molecule has 2 unspecified atom stereocenters. The summed E-state index contributed by atoms with van der Waals surface area (Å²) in [6, 6.07) is -0.730. The number of carbonyl (C=O) groups is 3. The van der Waals surface area contributed by atoms with Crippen LogP contribution in [0.15, 0.2) is 48.6 Å². The van der Waals surface area contributed by atoms with Crippen LogP contribution in [0.3, 0.4) is 0 Å². The molecule has 0 aliphatic carbocycles. The Labute approximate surface area is 337 Å². The van der Waals surface area contributed by atoms with Crippen molar-refractivity contribution in [2.75, 3.05) is 41.0 Å². The zero-order valence-electron chi connectivity index (χ0n) is 36.1. The third-order valence-electron chi connectivity index (χ3n) is 9.73. The van der Waals surface area contributed by atoms with Crippen LogP contribution in [-0.4, -0.2) is 75.5 Å². The van der Waals surface area contributed by atoms with Gasteiger partial charge in [-0.25, -0.2) is 0 Å². The number of hydrogen-bond donors (Lipinski definition) is 0. The minimum atomic E-state index is -1.13. The van der Waals surface area contributed by atoms with Gasteiger partial charge >= 0.3 is 11.9 Å². The molecule has 0 radical (unpaired) electrons. The van der Waals surface area contributed by atoms with Gasteiger partial charge < -0.3 is 28.6 Å². The van der Waals surface area contributed by atoms with Crippen LogP contribution < -0.4 is 5.11 Å². The van der Waals surface area contributed by atoms with E-state index in [4.69, 9.17) is 14.2 Å². The van der Waals surface area contributed by atoms with Crippen LogP contribution in [0.2, 0.25) is 0 Å². The first kappa shape index (κ1) is 52.3. The van der Waals surface area contributed by atoms with Crippen LogP contribution >= 0.6 is 0 Å². The molecule has 0 aliphatic rings. The van der Waals surface area contributed by atoms with E-state index in [1.54, 1.807) is 21.1 Å². The lowest BCUT2D eigenvalue weighted by atomic mass is 10.0. The molecular formula is C47H83NO7. The molecule has 0 amide bonds. The Morgan fingerprint density at radius 1 is 0.564 bits per heavy atom. The molecule has 0 aromatic heterocycles. The maximum absolute atomic E-state index is 12.7. The second-order valence-electron chi connectivity index (χ2n) is 15.9. The molecule has 55 heavy (non-hydrogen) atoms. The van der Waals surface area contributed by atoms with Crippen molar-refractivity contribution in [3.8, 4) is 0 Å². The molecular weight excluding hydrogens is 691 g/mol. The van der Waals surface area contributed by atoms with Crippen molar-refractivity contribution in [2.24, 2.45) is 0 Å². The number of carboxylic acids is 1. The molecule has 0 saturated carbocycles. The molecule has 0 rings (SSSR count). The first-order valence-corrected chi connectivity index (χ1v) is 22.2. The first-order valence-electron chi connectivity index (χ1n) is 22.2. The smallest absolute Gasteiger partial charge is 0.306 e. The number of carbonyl (C=O) groups excluding carboxylic acids is 3. The van der Waals surface area contributed by atoms with E-state index < -0.39 is 18.1 Å². The average Bonchev–Trinajstić information content (AvgIpc) is 3.14. The van der Waals surface area contributed by atoms with Gasteiger partial charge in [-0.15, -0.1) is 0 Å². The molecule has 0 bridgehead atoms. The second kappa shape index (κ2) is 38.2. The van der Waals surface area contributed by atoms with Crippen molar-refractivity contribution in [3.05, 3.63) is 48.6 Å². The number of quaternary nitrogens is 1. The zero-order valence-corrected chi connectivity index (χ0v) is 36.1. The van der Waals surface area contributed by atoms with Gasteiger partial charge in [-0.05, 0) is 51.4 Å². The van der Waals surface area contributed by atoms with Crippen LogP contribution in [0.25, 0.3) is 0 Å². The third kappa shape index (κ3) is 36.7. The van der Waals surface area contributed by atoms with Crippen molar-refractivity contribution >= 4 is 17.9 Å². The van der Waals surface area contributed by atoms with Gasteiger partial charge in [0.05, 0.1) is 40.3 Å². The zero-order chi connectivity index (χ0) is 40.7. The standard InChI is InChI=1S/C47H83NO7/c1-6-8-10-12-14-16-18-20-22-23-24-26-28-30-32-34-36-38-46(50)55-43(41-53-40-39-44(47(51)52)48(3,4)5)42-54-45(49)37-35-33-31-29-27-25-21-19-17-15-13-11-9-7-2/h8,10,14,16,20,22,24,26,43-44H,6-7,9,11-13,15,17-19,21,23,25,27-42H2,1-5H3/b10-8-,16-14-,22-20-,26-24-. The Kier molecular flexibility index (Phi) is 36.3. The van der Waals surface area contributed by atoms with Crippen molar-refractivity contribution in [1.29, 1.82) is 0 Å². The molecule has 8 heteroatoms. The minimum absolute atomic E-state index is 0.0314. The predicted octanol–water partition coefficient (Wildman–Crippen LogP) is 10.7. The lowest BCUT2D eigenvalue weighted by Crippen LogP contribution is -2.55. The Morgan fingerprint density at radius 2 is 1.02 bits per heavy atom. The van der Waals surface area contributed by atoms with Gasteiger partial charge in [-0.3, -0.25) is 9.59 Å². The van der Waals surface area contributed by atoms with Crippen molar-refractivity contribution < 1.29 is 38.2 Å². The topological polar surface area (TPSA) is 102 Å². The lowest BCUT2D eigenvalue weighted by Gasteiger charge is -2.34. The largest absolute Gasteiger partial charge is 0.544 e. The maximum atomic E-state index is 12.7. The number of esters is 2. The summed E-state index contributed by atoms with van der Waals surface area (Å²) in [6.45, 7) is 4.52. The molecule has 0 fully saturated rings. The van der Waals surface area contributed by atoms with Crippen LogP contribution in [-0.2, 0) is 28.6 Å². The molecule has 0 aromatic rings. The van der Waals surface area contributed by atoms with Gasteiger partial charge in [-0.1, -0.05) is 159 Å². The monoisotopic (exact) mass is 774 g/mol. The van der Waals surface area contributed by atoms with Gasteiger partial charge in [0, 0.05) is 19.3 Å². The number of aliphatic carboxylic acids is 1. The third-order valence-corrected chi connectivity index (χ3v) is 9.73. The van der Waals surface area contributed by atoms with Gasteiger partial charge in [0.1, 0.15) is 12.6 Å². The van der Waals surface area contributed by atoms with Gasteiger partial charge in [-0.2, -0.15) is 0 Å². The minimum Gasteiger partial charge on any atom is -0.544 e. The number of likely N-dealkylation sites (N-methyl/N-ethyl adjacent to an activating group) is 1. The summed E-state index contributed by atoms with van der Waals surface area (Å²) in [7, 11) is 5.40. The lowest BCUT2D eigenvalue weighted by molar-refractivity contribution is -0.889. The number of rotatable bonds is 39. The van der Waals surface area contributed by atoms with E-state index in [2.05, 4.69) is 62.5 Å². The highest BCUT2D eigenvalue weighted by Crippen LogP contribution is 2.14. The summed E-state index contributed by atoms with van der Waals surface area (Å²) in [4.78, 5) is 36.8. The highest BCUT2D eigenvalue weighted by Gasteiger charge is 2.25. The molecule has 0 spiro atoms. The highest BCUT2D eigenvalue weighted by atomic mass is 16.6. The molecule has 8 nitrogen and oxygen atoms in total. The summed E-state index contributed by atoms with van der Waals surface area (Å²) in [5.74, 6) is -1.76. The van der Waals surface area contributed by atoms with E-state index in [0.29, 0.717) is 12.8 Å². The highest BCUT2D eigenvalue weighted by molar-refractivity contribution is 5.70. The van der Waals surface area contributed by atoms with Gasteiger partial charge in [0.2, 0.25) is 0 Å². The Morgan fingerprint density at radius 3 is 1.51 bits per heavy atom. The molecule has 2 atom stereocenters. The van der Waals surface area contributed by atoms with Crippen molar-refractivity contribution in [2.45, 2.75) is 193 Å². The van der Waals surface area contributed by atoms with Crippen LogP contribution in [0.4, 0.5) is 0 Å². The van der Waals surface area contributed by atoms with Gasteiger partial charge in [0.15, 0.2) is 6.10 Å². The van der Waals surface area contributed by atoms with E-state index in [-0.39, 0.29) is 42.7 Å². The van der Waals surface area contributed by atoms with E-state index in [1.165, 1.54) is 70.6 Å². The van der Waals surface area contributed by atoms with Crippen LogP contribution in [0, 0.1) is 0 Å². The number of allylic oxidation sites excluding steroid dienone is 8. The fourth-order valence-corrected chi connectivity index (χ4v) is 6.30. The summed E-state index contributed by atoms with van der Waals surface area (Å²) in [5.41, 5.74) is 0. The van der Waals surface area contributed by atoms with Gasteiger partial charge in [0.25, 0.3) is 0 Å². The molecule has 0 aliphatic heterocycles. The summed E-state index contributed by atoms with van der Waals surface area (Å²) < 4.78 is 17.1. The Hall–Kier alpha value is -2.71. The van der Waals surface area contributed by atoms with Crippen molar-refractivity contribution in [1.82, 2.24) is 0 Å². The summed E-state index contributed by atoms with van der Waals surface area (Å²) in [6.07, 6.45) is 44.1. The van der Waals surface area contributed by atoms with E-state index in [9.17, 15) is 19.5 Å². The SMILES string of the molecule is CC/C=C\C/C=C\C/C=C\C/C=C\CCCCCCC(=O)OC(COCCC(C(=O)[O-])[N+](C)(C)C)COC(=O)CCCCCCCCCCCCCCCC. The normalized spacial score (nSPS) is 13.4. The van der Waals surface area contributed by atoms with Crippen molar-refractivity contribution in [3.63, 3.8) is 0 Å². The predicted molar refractivity (Wildman–Crippen MR) is 226 cm³/mol. The average molecular weight is 774 g/mol. The number of hydrogen-bond acceptors (Lipinski definition) is 7.